The van der Waals surface area contributed by atoms with Crippen LogP contribution in [0.3, 0.4) is 0 Å². The van der Waals surface area contributed by atoms with Crippen LogP contribution in [0.5, 0.6) is 0 Å². The molecule has 1 aliphatic rings. The van der Waals surface area contributed by atoms with E-state index in [4.69, 9.17) is 5.84 Å². The second-order valence-corrected chi connectivity index (χ2v) is 6.69. The number of aromatic nitrogens is 2. The summed E-state index contributed by atoms with van der Waals surface area (Å²) in [7, 11) is 2.16. The summed E-state index contributed by atoms with van der Waals surface area (Å²) in [5.74, 6) is 6.86. The number of nitrogens with two attached hydrogens (primary N) is 1. The number of nitrogens with one attached hydrogen (secondary N) is 2. The van der Waals surface area contributed by atoms with E-state index in [-0.39, 0.29) is 0 Å². The quantitative estimate of drug-likeness (QED) is 0.592. The number of likely N-dealkylation sites (N-methyl/N-ethyl adjacent to an activating group) is 1. The van der Waals surface area contributed by atoms with Crippen molar-refractivity contribution in [2.45, 2.75) is 32.2 Å². The summed E-state index contributed by atoms with van der Waals surface area (Å²) in [5, 5.41) is 4.69. The zero-order chi connectivity index (χ0) is 14.8. The summed E-state index contributed by atoms with van der Waals surface area (Å²) >= 11 is 1.71. The number of nitrogen functional groups attached to an aromatic ring is 1. The Labute approximate surface area is 128 Å². The van der Waals surface area contributed by atoms with Crippen LogP contribution < -0.4 is 16.6 Å². The molecule has 114 valence electrons. The topological polar surface area (TPSA) is 79.1 Å². The van der Waals surface area contributed by atoms with Gasteiger partial charge in [0.1, 0.15) is 10.6 Å². The lowest BCUT2D eigenvalue weighted by molar-refractivity contribution is 0.261. The first-order valence-corrected chi connectivity index (χ1v) is 8.23. The van der Waals surface area contributed by atoms with Crippen molar-refractivity contribution in [1.29, 1.82) is 0 Å². The number of piperidine rings is 1. The number of likely N-dealkylation sites (tertiary alicyclic amines) is 1. The summed E-state index contributed by atoms with van der Waals surface area (Å²) < 4.78 is 0. The third-order valence-corrected chi connectivity index (χ3v) is 5.06. The maximum Gasteiger partial charge on any atom is 0.240 e. The largest absolute Gasteiger partial charge is 0.365 e. The fourth-order valence-corrected chi connectivity index (χ4v) is 3.76. The van der Waals surface area contributed by atoms with Crippen LogP contribution in [0.15, 0.2) is 6.07 Å². The van der Waals surface area contributed by atoms with Crippen LogP contribution in [0.1, 0.15) is 24.6 Å². The fraction of sp³-hybridized carbons (Fsp3) is 0.571. The fourth-order valence-electron chi connectivity index (χ4n) is 2.80. The van der Waals surface area contributed by atoms with Gasteiger partial charge < -0.3 is 10.2 Å². The van der Waals surface area contributed by atoms with E-state index in [0.29, 0.717) is 12.0 Å². The number of fused-ring (bicyclic) bond motifs is 1. The van der Waals surface area contributed by atoms with Gasteiger partial charge in [-0.3, -0.25) is 5.43 Å². The van der Waals surface area contributed by atoms with E-state index < -0.39 is 0 Å². The minimum atomic E-state index is 0.428. The molecule has 1 unspecified atom stereocenters. The predicted molar refractivity (Wildman–Crippen MR) is 88.7 cm³/mol. The van der Waals surface area contributed by atoms with Crippen molar-refractivity contribution in [3.05, 3.63) is 10.9 Å². The van der Waals surface area contributed by atoms with Crippen molar-refractivity contribution in [3.63, 3.8) is 0 Å². The van der Waals surface area contributed by atoms with E-state index in [0.717, 1.165) is 29.0 Å². The number of thiophene rings is 1. The van der Waals surface area contributed by atoms with Crippen LogP contribution in [0.25, 0.3) is 10.2 Å². The van der Waals surface area contributed by atoms with Gasteiger partial charge in [-0.25, -0.2) is 10.8 Å². The van der Waals surface area contributed by atoms with Gasteiger partial charge in [0.25, 0.3) is 0 Å². The number of hydrogen-bond acceptors (Lipinski definition) is 7. The molecule has 0 radical (unpaired) electrons. The molecule has 3 heterocycles. The number of hydrogen-bond donors (Lipinski definition) is 3. The molecule has 2 aromatic rings. The Hall–Kier alpha value is -1.44. The molecule has 0 spiro atoms. The SMILES string of the molecule is CCc1cc2c(NC3CCCN(C)C3)nc(NN)nc2s1. The summed E-state index contributed by atoms with van der Waals surface area (Å²) in [6.45, 7) is 4.37. The molecule has 2 aromatic heterocycles. The zero-order valence-electron chi connectivity index (χ0n) is 12.5. The van der Waals surface area contributed by atoms with Gasteiger partial charge in [-0.15, -0.1) is 11.3 Å². The van der Waals surface area contributed by atoms with Crippen molar-refractivity contribution in [2.24, 2.45) is 5.84 Å². The van der Waals surface area contributed by atoms with E-state index in [9.17, 15) is 0 Å². The van der Waals surface area contributed by atoms with Gasteiger partial charge in [0.2, 0.25) is 5.95 Å². The summed E-state index contributed by atoms with van der Waals surface area (Å²) in [4.78, 5) is 13.6. The van der Waals surface area contributed by atoms with Crippen LogP contribution in [0.2, 0.25) is 0 Å². The van der Waals surface area contributed by atoms with Gasteiger partial charge in [0.15, 0.2) is 0 Å². The first-order valence-electron chi connectivity index (χ1n) is 7.41. The van der Waals surface area contributed by atoms with Gasteiger partial charge in [0.05, 0.1) is 5.39 Å². The van der Waals surface area contributed by atoms with Crippen LogP contribution in [0.4, 0.5) is 11.8 Å². The maximum atomic E-state index is 5.50. The zero-order valence-corrected chi connectivity index (χ0v) is 13.3. The molecule has 0 aliphatic carbocycles. The molecule has 1 atom stereocenters. The Morgan fingerprint density at radius 2 is 2.33 bits per heavy atom. The number of anilines is 2. The Bertz CT molecular complexity index is 625. The molecule has 0 bridgehead atoms. The molecule has 3 rings (SSSR count). The van der Waals surface area contributed by atoms with Crippen molar-refractivity contribution >= 4 is 33.3 Å². The molecule has 1 fully saturated rings. The Kier molecular flexibility index (Phi) is 4.23. The minimum absolute atomic E-state index is 0.428. The lowest BCUT2D eigenvalue weighted by Crippen LogP contribution is -2.40. The first kappa shape index (κ1) is 14.5. The van der Waals surface area contributed by atoms with Gasteiger partial charge in [-0.1, -0.05) is 6.92 Å². The van der Waals surface area contributed by atoms with Crippen molar-refractivity contribution in [3.8, 4) is 0 Å². The molecule has 7 heteroatoms. The van der Waals surface area contributed by atoms with Crippen LogP contribution >= 0.6 is 11.3 Å². The first-order chi connectivity index (χ1) is 10.2. The number of hydrazine groups is 1. The average Bonchev–Trinajstić information content (AvgIpc) is 2.90. The maximum absolute atomic E-state index is 5.50. The summed E-state index contributed by atoms with van der Waals surface area (Å²) in [6.07, 6.45) is 3.40. The Morgan fingerprint density at radius 1 is 1.48 bits per heavy atom. The van der Waals surface area contributed by atoms with E-state index in [1.54, 1.807) is 11.3 Å². The lowest BCUT2D eigenvalue weighted by Gasteiger charge is -2.30. The Balaban J connectivity index is 1.93. The molecule has 0 amide bonds. The molecule has 1 saturated heterocycles. The van der Waals surface area contributed by atoms with E-state index in [1.807, 2.05) is 0 Å². The lowest BCUT2D eigenvalue weighted by atomic mass is 10.1. The van der Waals surface area contributed by atoms with E-state index >= 15 is 0 Å². The molecule has 21 heavy (non-hydrogen) atoms. The summed E-state index contributed by atoms with van der Waals surface area (Å²) in [6, 6.07) is 2.62. The van der Waals surface area contributed by atoms with Gasteiger partial charge in [0, 0.05) is 17.5 Å². The molecule has 6 nitrogen and oxygen atoms in total. The average molecular weight is 306 g/mol. The standard InChI is InChI=1S/C14H22N6S/c1-3-10-7-11-12(16-9-5-4-6-20(2)8-9)17-14(19-15)18-13(11)21-10/h7,9H,3-6,8,15H2,1-2H3,(H2,16,17,18,19). The predicted octanol–water partition coefficient (Wildman–Crippen LogP) is 2.05. The van der Waals surface area contributed by atoms with Gasteiger partial charge >= 0.3 is 0 Å². The monoisotopic (exact) mass is 306 g/mol. The number of rotatable bonds is 4. The van der Waals surface area contributed by atoms with Crippen LogP contribution in [-0.2, 0) is 6.42 Å². The summed E-state index contributed by atoms with van der Waals surface area (Å²) in [5.41, 5.74) is 2.57. The van der Waals surface area contributed by atoms with Crippen LogP contribution in [-0.4, -0.2) is 41.0 Å². The molecule has 1 aliphatic heterocycles. The third-order valence-electron chi connectivity index (χ3n) is 3.89. The second-order valence-electron chi connectivity index (χ2n) is 5.57. The minimum Gasteiger partial charge on any atom is -0.365 e. The molecule has 0 aromatic carbocycles. The van der Waals surface area contributed by atoms with Gasteiger partial charge in [-0.2, -0.15) is 4.98 Å². The van der Waals surface area contributed by atoms with Crippen molar-refractivity contribution in [2.75, 3.05) is 30.9 Å². The number of nitrogens with zero attached hydrogens (tertiary/aromatic N) is 3. The molecular weight excluding hydrogens is 284 g/mol. The van der Waals surface area contributed by atoms with Crippen molar-refractivity contribution in [1.82, 2.24) is 14.9 Å². The van der Waals surface area contributed by atoms with E-state index in [1.165, 1.54) is 24.3 Å². The number of aryl methyl sites for hydroxylation is 1. The normalized spacial score (nSPS) is 19.9. The highest BCUT2D eigenvalue weighted by Crippen LogP contribution is 2.31. The molecule has 4 N–H and O–H groups in total. The third kappa shape index (κ3) is 3.09. The molecular formula is C14H22N6S. The van der Waals surface area contributed by atoms with E-state index in [2.05, 4.69) is 45.6 Å². The Morgan fingerprint density at radius 3 is 3.05 bits per heavy atom. The smallest absolute Gasteiger partial charge is 0.240 e. The molecule has 0 saturated carbocycles. The second kappa shape index (κ2) is 6.13. The highest BCUT2D eigenvalue weighted by Gasteiger charge is 2.19. The van der Waals surface area contributed by atoms with Crippen molar-refractivity contribution < 1.29 is 0 Å². The highest BCUT2D eigenvalue weighted by molar-refractivity contribution is 7.18. The van der Waals surface area contributed by atoms with Crippen LogP contribution in [0, 0.1) is 0 Å². The van der Waals surface area contributed by atoms with Gasteiger partial charge in [-0.05, 0) is 38.9 Å². The highest BCUT2D eigenvalue weighted by atomic mass is 32.1.